The zero-order chi connectivity index (χ0) is 16.2. The number of amides is 1. The van der Waals surface area contributed by atoms with E-state index in [4.69, 9.17) is 5.14 Å². The summed E-state index contributed by atoms with van der Waals surface area (Å²) in [5, 5.41) is 7.50. The van der Waals surface area contributed by atoms with Gasteiger partial charge in [-0.2, -0.15) is 0 Å². The van der Waals surface area contributed by atoms with Crippen molar-refractivity contribution < 1.29 is 17.6 Å². The molecule has 3 N–H and O–H groups in total. The van der Waals surface area contributed by atoms with Crippen LogP contribution in [0.4, 0.5) is 4.39 Å². The molecule has 2 aromatic rings. The Balaban J connectivity index is 2.04. The molecular formula is C14H14FN3O3S. The first-order chi connectivity index (χ1) is 10.4. The topological polar surface area (TPSA) is 102 Å². The summed E-state index contributed by atoms with van der Waals surface area (Å²) in [6, 6.07) is 8.45. The molecule has 0 saturated heterocycles. The standard InChI is InChI=1S/C14H14FN3O3S/c15-12-5-4-10(9-13(12)22(16,20)21)14(19)18-8-6-11-3-1-2-7-17-11/h1-5,7,9H,6,8H2,(H,18,19)(H2,16,20,21). The molecular weight excluding hydrogens is 309 g/mol. The van der Waals surface area contributed by atoms with Gasteiger partial charge >= 0.3 is 0 Å². The molecule has 1 aromatic carbocycles. The first-order valence-corrected chi connectivity index (χ1v) is 7.93. The van der Waals surface area contributed by atoms with E-state index >= 15 is 0 Å². The van der Waals surface area contributed by atoms with Crippen LogP contribution in [-0.4, -0.2) is 25.9 Å². The number of hydrogen-bond donors (Lipinski definition) is 2. The Kier molecular flexibility index (Phi) is 4.84. The number of pyridine rings is 1. The zero-order valence-corrected chi connectivity index (χ0v) is 12.3. The highest BCUT2D eigenvalue weighted by Gasteiger charge is 2.17. The van der Waals surface area contributed by atoms with Gasteiger partial charge in [-0.15, -0.1) is 0 Å². The molecule has 0 fully saturated rings. The van der Waals surface area contributed by atoms with Crippen molar-refractivity contribution >= 4 is 15.9 Å². The van der Waals surface area contributed by atoms with Crippen LogP contribution in [0, 0.1) is 5.82 Å². The predicted octanol–water partition coefficient (Wildman–Crippen LogP) is 0.841. The molecule has 116 valence electrons. The van der Waals surface area contributed by atoms with E-state index in [1.165, 1.54) is 6.07 Å². The first-order valence-electron chi connectivity index (χ1n) is 6.38. The van der Waals surface area contributed by atoms with Crippen molar-refractivity contribution in [1.82, 2.24) is 10.3 Å². The van der Waals surface area contributed by atoms with Crippen LogP contribution in [0.1, 0.15) is 16.1 Å². The van der Waals surface area contributed by atoms with Crippen molar-refractivity contribution in [2.24, 2.45) is 5.14 Å². The van der Waals surface area contributed by atoms with Crippen LogP contribution in [0.15, 0.2) is 47.5 Å². The van der Waals surface area contributed by atoms with Gasteiger partial charge in [0, 0.05) is 30.4 Å². The van der Waals surface area contributed by atoms with E-state index < -0.39 is 26.6 Å². The lowest BCUT2D eigenvalue weighted by molar-refractivity contribution is 0.0954. The van der Waals surface area contributed by atoms with Crippen LogP contribution in [-0.2, 0) is 16.4 Å². The number of hydrogen-bond acceptors (Lipinski definition) is 4. The number of benzene rings is 1. The number of nitrogens with two attached hydrogens (primary N) is 1. The van der Waals surface area contributed by atoms with Crippen molar-refractivity contribution in [3.63, 3.8) is 0 Å². The fourth-order valence-electron chi connectivity index (χ4n) is 1.81. The summed E-state index contributed by atoms with van der Waals surface area (Å²) < 4.78 is 35.9. The van der Waals surface area contributed by atoms with Crippen LogP contribution in [0.5, 0.6) is 0 Å². The Hall–Kier alpha value is -2.32. The Morgan fingerprint density at radius 1 is 1.27 bits per heavy atom. The molecule has 8 heteroatoms. The maximum Gasteiger partial charge on any atom is 0.251 e. The second kappa shape index (κ2) is 6.63. The fourth-order valence-corrected chi connectivity index (χ4v) is 2.45. The SMILES string of the molecule is NS(=O)(=O)c1cc(C(=O)NCCc2ccccn2)ccc1F. The Labute approximate surface area is 127 Å². The van der Waals surface area contributed by atoms with Crippen LogP contribution in [0.2, 0.25) is 0 Å². The summed E-state index contributed by atoms with van der Waals surface area (Å²) in [5.41, 5.74) is 0.832. The Morgan fingerprint density at radius 2 is 2.05 bits per heavy atom. The minimum absolute atomic E-state index is 0.0199. The molecule has 0 saturated carbocycles. The maximum absolute atomic E-state index is 13.4. The number of carbonyl (C=O) groups excluding carboxylic acids is 1. The van der Waals surface area contributed by atoms with Gasteiger partial charge in [0.05, 0.1) is 0 Å². The Morgan fingerprint density at radius 3 is 2.68 bits per heavy atom. The van der Waals surface area contributed by atoms with E-state index in [2.05, 4.69) is 10.3 Å². The molecule has 0 radical (unpaired) electrons. The van der Waals surface area contributed by atoms with E-state index in [1.54, 1.807) is 12.3 Å². The van der Waals surface area contributed by atoms with Crippen LogP contribution >= 0.6 is 0 Å². The lowest BCUT2D eigenvalue weighted by atomic mass is 10.2. The largest absolute Gasteiger partial charge is 0.352 e. The third-order valence-corrected chi connectivity index (χ3v) is 3.82. The molecule has 1 heterocycles. The molecule has 0 bridgehead atoms. The Bertz CT molecular complexity index is 779. The average molecular weight is 323 g/mol. The van der Waals surface area contributed by atoms with Crippen molar-refractivity contribution in [2.75, 3.05) is 6.54 Å². The molecule has 0 unspecified atom stereocenters. The summed E-state index contributed by atoms with van der Waals surface area (Å²) in [4.78, 5) is 15.3. The highest BCUT2D eigenvalue weighted by atomic mass is 32.2. The van der Waals surface area contributed by atoms with E-state index in [9.17, 15) is 17.6 Å². The quantitative estimate of drug-likeness (QED) is 0.851. The normalized spacial score (nSPS) is 11.2. The number of nitrogens with zero attached hydrogens (tertiary/aromatic N) is 1. The van der Waals surface area contributed by atoms with Gasteiger partial charge in [-0.05, 0) is 30.3 Å². The molecule has 22 heavy (non-hydrogen) atoms. The fraction of sp³-hybridized carbons (Fsp3) is 0.143. The van der Waals surface area contributed by atoms with E-state index in [1.807, 2.05) is 12.1 Å². The van der Waals surface area contributed by atoms with E-state index in [-0.39, 0.29) is 5.56 Å². The lowest BCUT2D eigenvalue weighted by Crippen LogP contribution is -2.26. The van der Waals surface area contributed by atoms with E-state index in [0.29, 0.717) is 13.0 Å². The molecule has 6 nitrogen and oxygen atoms in total. The van der Waals surface area contributed by atoms with Crippen molar-refractivity contribution in [3.8, 4) is 0 Å². The first kappa shape index (κ1) is 16.1. The van der Waals surface area contributed by atoms with Crippen molar-refractivity contribution in [3.05, 3.63) is 59.7 Å². The van der Waals surface area contributed by atoms with Gasteiger partial charge in [0.1, 0.15) is 10.7 Å². The number of carbonyl (C=O) groups is 1. The summed E-state index contributed by atoms with van der Waals surface area (Å²) in [6.07, 6.45) is 2.17. The van der Waals surface area contributed by atoms with Gasteiger partial charge in [0.25, 0.3) is 5.91 Å². The van der Waals surface area contributed by atoms with E-state index in [0.717, 1.165) is 17.8 Å². The number of rotatable bonds is 5. The van der Waals surface area contributed by atoms with Crippen LogP contribution < -0.4 is 10.5 Å². The van der Waals surface area contributed by atoms with Crippen molar-refractivity contribution in [2.45, 2.75) is 11.3 Å². The number of primary sulfonamides is 1. The number of sulfonamides is 1. The smallest absolute Gasteiger partial charge is 0.251 e. The highest BCUT2D eigenvalue weighted by Crippen LogP contribution is 2.14. The summed E-state index contributed by atoms with van der Waals surface area (Å²) in [5.74, 6) is -1.51. The molecule has 0 atom stereocenters. The molecule has 2 rings (SSSR count). The predicted molar refractivity (Wildman–Crippen MR) is 78.0 cm³/mol. The number of nitrogens with one attached hydrogen (secondary N) is 1. The number of halogens is 1. The van der Waals surface area contributed by atoms with Crippen LogP contribution in [0.25, 0.3) is 0 Å². The van der Waals surface area contributed by atoms with Gasteiger partial charge in [-0.3, -0.25) is 9.78 Å². The zero-order valence-electron chi connectivity index (χ0n) is 11.5. The molecule has 0 aliphatic carbocycles. The third kappa shape index (κ3) is 4.09. The second-order valence-corrected chi connectivity index (χ2v) is 6.05. The van der Waals surface area contributed by atoms with Gasteiger partial charge in [0.15, 0.2) is 0 Å². The highest BCUT2D eigenvalue weighted by molar-refractivity contribution is 7.89. The van der Waals surface area contributed by atoms with Gasteiger partial charge in [-0.25, -0.2) is 17.9 Å². The minimum Gasteiger partial charge on any atom is -0.352 e. The van der Waals surface area contributed by atoms with Gasteiger partial charge < -0.3 is 5.32 Å². The number of aromatic nitrogens is 1. The van der Waals surface area contributed by atoms with Gasteiger partial charge in [-0.1, -0.05) is 6.07 Å². The lowest BCUT2D eigenvalue weighted by Gasteiger charge is -2.07. The second-order valence-electron chi connectivity index (χ2n) is 4.52. The molecule has 0 aliphatic rings. The van der Waals surface area contributed by atoms with Gasteiger partial charge in [0.2, 0.25) is 10.0 Å². The summed E-state index contributed by atoms with van der Waals surface area (Å²) in [7, 11) is -4.22. The third-order valence-electron chi connectivity index (χ3n) is 2.89. The van der Waals surface area contributed by atoms with Crippen molar-refractivity contribution in [1.29, 1.82) is 0 Å². The average Bonchev–Trinajstić information content (AvgIpc) is 2.47. The molecule has 1 amide bonds. The minimum atomic E-state index is -4.22. The molecule has 0 aliphatic heterocycles. The summed E-state index contributed by atoms with van der Waals surface area (Å²) in [6.45, 7) is 0.317. The monoisotopic (exact) mass is 323 g/mol. The molecule has 1 aromatic heterocycles. The molecule has 0 spiro atoms. The maximum atomic E-state index is 13.4. The van der Waals surface area contributed by atoms with Crippen LogP contribution in [0.3, 0.4) is 0 Å². The summed E-state index contributed by atoms with van der Waals surface area (Å²) >= 11 is 0.